The minimum absolute atomic E-state index is 0.0798. The number of thioether (sulfide) groups is 1. The molecule has 0 aliphatic heterocycles. The maximum atomic E-state index is 13.4. The number of sulfone groups is 1. The third kappa shape index (κ3) is 4.43. The molecule has 0 fully saturated rings. The number of hydrogen-bond donors (Lipinski definition) is 0. The largest absolute Gasteiger partial charge is 0.223 e. The van der Waals surface area contributed by atoms with Crippen molar-refractivity contribution in [2.75, 3.05) is 5.08 Å². The van der Waals surface area contributed by atoms with Gasteiger partial charge >= 0.3 is 0 Å². The van der Waals surface area contributed by atoms with Crippen molar-refractivity contribution in [2.24, 2.45) is 0 Å². The van der Waals surface area contributed by atoms with E-state index >= 15 is 0 Å². The number of rotatable bonds is 5. The van der Waals surface area contributed by atoms with Gasteiger partial charge in [0.25, 0.3) is 0 Å². The zero-order chi connectivity index (χ0) is 15.5. The van der Waals surface area contributed by atoms with Crippen LogP contribution in [-0.4, -0.2) is 13.5 Å². The summed E-state index contributed by atoms with van der Waals surface area (Å²) in [4.78, 5) is 0.152. The fraction of sp³-hybridized carbons (Fsp3) is 0.143. The predicted molar refractivity (Wildman–Crippen MR) is 81.2 cm³/mol. The summed E-state index contributed by atoms with van der Waals surface area (Å²) in [5, 5.41) is 0.230. The second-order valence-corrected chi connectivity index (χ2v) is 8.05. The highest BCUT2D eigenvalue weighted by Gasteiger charge is 2.15. The lowest BCUT2D eigenvalue weighted by Gasteiger charge is -2.06. The predicted octanol–water partition coefficient (Wildman–Crippen LogP) is 4.28. The van der Waals surface area contributed by atoms with Crippen molar-refractivity contribution in [3.63, 3.8) is 0 Å². The first-order chi connectivity index (χ1) is 9.88. The smallest absolute Gasteiger partial charge is 0.187 e. The summed E-state index contributed by atoms with van der Waals surface area (Å²) >= 11 is 6.71. The van der Waals surface area contributed by atoms with Gasteiger partial charge in [0.05, 0.1) is 4.90 Å². The van der Waals surface area contributed by atoms with E-state index in [2.05, 4.69) is 0 Å². The van der Waals surface area contributed by atoms with Crippen molar-refractivity contribution < 1.29 is 17.2 Å². The molecule has 2 aromatic carbocycles. The molecule has 2 nitrogen and oxygen atoms in total. The molecule has 0 atom stereocenters. The molecule has 0 spiro atoms. The van der Waals surface area contributed by atoms with Crippen LogP contribution in [0.25, 0.3) is 0 Å². The summed E-state index contributed by atoms with van der Waals surface area (Å²) in [5.74, 6) is -1.02. The topological polar surface area (TPSA) is 34.1 Å². The van der Waals surface area contributed by atoms with E-state index in [9.17, 15) is 17.2 Å². The maximum Gasteiger partial charge on any atom is 0.187 e. The van der Waals surface area contributed by atoms with Gasteiger partial charge in [-0.3, -0.25) is 0 Å². The van der Waals surface area contributed by atoms with Gasteiger partial charge in [-0.15, -0.1) is 11.8 Å². The van der Waals surface area contributed by atoms with Gasteiger partial charge < -0.3 is 0 Å². The van der Waals surface area contributed by atoms with Crippen molar-refractivity contribution in [3.05, 3.63) is 64.7 Å². The van der Waals surface area contributed by atoms with Crippen LogP contribution in [0, 0.1) is 11.6 Å². The van der Waals surface area contributed by atoms with E-state index in [1.165, 1.54) is 24.3 Å². The number of benzene rings is 2. The molecule has 0 bridgehead atoms. The minimum Gasteiger partial charge on any atom is -0.223 e. The second-order valence-electron chi connectivity index (χ2n) is 4.27. The Morgan fingerprint density at radius 3 is 2.38 bits per heavy atom. The van der Waals surface area contributed by atoms with E-state index in [0.29, 0.717) is 5.02 Å². The fourth-order valence-corrected chi connectivity index (χ4v) is 4.50. The van der Waals surface area contributed by atoms with Gasteiger partial charge in [-0.1, -0.05) is 11.6 Å². The molecule has 0 N–H and O–H groups in total. The van der Waals surface area contributed by atoms with Crippen molar-refractivity contribution in [2.45, 2.75) is 10.6 Å². The van der Waals surface area contributed by atoms with Crippen LogP contribution in [-0.2, 0) is 15.6 Å². The zero-order valence-corrected chi connectivity index (χ0v) is 13.1. The van der Waals surface area contributed by atoms with Gasteiger partial charge in [-0.25, -0.2) is 17.2 Å². The van der Waals surface area contributed by atoms with Gasteiger partial charge in [0.15, 0.2) is 9.84 Å². The third-order valence-corrected chi connectivity index (χ3v) is 6.34. The van der Waals surface area contributed by atoms with E-state index in [1.54, 1.807) is 0 Å². The Balaban J connectivity index is 2.02. The van der Waals surface area contributed by atoms with Crippen molar-refractivity contribution in [3.8, 4) is 0 Å². The Bertz CT molecular complexity index is 731. The van der Waals surface area contributed by atoms with Crippen LogP contribution < -0.4 is 0 Å². The van der Waals surface area contributed by atoms with Crippen LogP contribution >= 0.6 is 23.4 Å². The summed E-state index contributed by atoms with van der Waals surface area (Å²) in [5.41, 5.74) is 0.145. The fourth-order valence-electron chi connectivity index (χ4n) is 1.63. The number of hydrogen-bond acceptors (Lipinski definition) is 3. The molecule has 0 radical (unpaired) electrons. The molecule has 0 saturated heterocycles. The Morgan fingerprint density at radius 1 is 1.05 bits per heavy atom. The van der Waals surface area contributed by atoms with Crippen LogP contribution in [0.5, 0.6) is 0 Å². The molecule has 2 aromatic rings. The van der Waals surface area contributed by atoms with E-state index in [0.717, 1.165) is 30.0 Å². The normalized spacial score (nSPS) is 11.6. The van der Waals surface area contributed by atoms with Crippen LogP contribution in [0.1, 0.15) is 5.56 Å². The molecule has 0 amide bonds. The summed E-state index contributed by atoms with van der Waals surface area (Å²) in [6.07, 6.45) is 0. The Kier molecular flexibility index (Phi) is 5.24. The van der Waals surface area contributed by atoms with E-state index in [-0.39, 0.29) is 21.3 Å². The molecule has 0 aromatic heterocycles. The maximum absolute atomic E-state index is 13.4. The lowest BCUT2D eigenvalue weighted by Crippen LogP contribution is -2.04. The van der Waals surface area contributed by atoms with Crippen molar-refractivity contribution >= 4 is 33.2 Å². The van der Waals surface area contributed by atoms with E-state index < -0.39 is 21.5 Å². The first-order valence-electron chi connectivity index (χ1n) is 5.88. The molecule has 0 aliphatic carbocycles. The van der Waals surface area contributed by atoms with Gasteiger partial charge in [-0.2, -0.15) is 0 Å². The Hall–Kier alpha value is -1.11. The van der Waals surface area contributed by atoms with Gasteiger partial charge in [-0.05, 0) is 42.5 Å². The summed E-state index contributed by atoms with van der Waals surface area (Å²) in [7, 11) is -3.48. The van der Waals surface area contributed by atoms with Gasteiger partial charge in [0, 0.05) is 16.3 Å². The molecule has 2 rings (SSSR count). The van der Waals surface area contributed by atoms with Crippen LogP contribution in [0.3, 0.4) is 0 Å². The van der Waals surface area contributed by atoms with E-state index in [1.807, 2.05) is 0 Å². The minimum atomic E-state index is -3.48. The summed E-state index contributed by atoms with van der Waals surface area (Å²) in [6, 6.07) is 8.93. The third-order valence-electron chi connectivity index (χ3n) is 2.68. The lowest BCUT2D eigenvalue weighted by atomic mass is 10.2. The molecule has 0 heterocycles. The highest BCUT2D eigenvalue weighted by molar-refractivity contribution is 8.12. The molecule has 0 saturated carbocycles. The lowest BCUT2D eigenvalue weighted by molar-refractivity contribution is 0.591. The molecule has 112 valence electrons. The highest BCUT2D eigenvalue weighted by Crippen LogP contribution is 2.22. The highest BCUT2D eigenvalue weighted by atomic mass is 35.5. The molecule has 7 heteroatoms. The number of halogens is 3. The first kappa shape index (κ1) is 16.3. The van der Waals surface area contributed by atoms with Gasteiger partial charge in [0.1, 0.15) is 16.7 Å². The summed E-state index contributed by atoms with van der Waals surface area (Å²) in [6.45, 7) is 0. The monoisotopic (exact) mass is 348 g/mol. The van der Waals surface area contributed by atoms with Crippen LogP contribution in [0.2, 0.25) is 5.02 Å². The average molecular weight is 349 g/mol. The second kappa shape index (κ2) is 6.77. The zero-order valence-electron chi connectivity index (χ0n) is 10.7. The first-order valence-corrected chi connectivity index (χ1v) is 9.07. The quantitative estimate of drug-likeness (QED) is 0.808. The van der Waals surface area contributed by atoms with Crippen LogP contribution in [0.4, 0.5) is 8.78 Å². The molecular weight excluding hydrogens is 338 g/mol. The molecule has 0 aliphatic rings. The van der Waals surface area contributed by atoms with Crippen LogP contribution in [0.15, 0.2) is 47.4 Å². The van der Waals surface area contributed by atoms with Gasteiger partial charge in [0.2, 0.25) is 0 Å². The average Bonchev–Trinajstić information content (AvgIpc) is 2.43. The standard InChI is InChI=1S/C14H11ClF2O2S2/c15-11-1-4-13(5-2-11)21(18,19)9-20-8-10-7-12(16)3-6-14(10)17/h1-7H,8-9H2. The Morgan fingerprint density at radius 2 is 1.71 bits per heavy atom. The van der Waals surface area contributed by atoms with E-state index in [4.69, 9.17) is 11.6 Å². The molecule has 21 heavy (non-hydrogen) atoms. The summed E-state index contributed by atoms with van der Waals surface area (Å²) < 4.78 is 50.5. The molecule has 0 unspecified atom stereocenters. The van der Waals surface area contributed by atoms with Crippen molar-refractivity contribution in [1.82, 2.24) is 0 Å². The van der Waals surface area contributed by atoms with Crippen molar-refractivity contribution in [1.29, 1.82) is 0 Å². The SMILES string of the molecule is O=S(=O)(CSCc1cc(F)ccc1F)c1ccc(Cl)cc1. The molecular formula is C14H11ClF2O2S2. The Labute approximate surface area is 131 Å².